The van der Waals surface area contributed by atoms with Crippen molar-refractivity contribution < 1.29 is 46.9 Å². The lowest BCUT2D eigenvalue weighted by atomic mass is 9.92. The van der Waals surface area contributed by atoms with Crippen LogP contribution in [0.3, 0.4) is 0 Å². The lowest BCUT2D eigenvalue weighted by Gasteiger charge is -2.32. The highest BCUT2D eigenvalue weighted by molar-refractivity contribution is 7.91. The van der Waals surface area contributed by atoms with Crippen LogP contribution in [-0.4, -0.2) is 103 Å². The summed E-state index contributed by atoms with van der Waals surface area (Å²) in [5, 5.41) is 16.4. The van der Waals surface area contributed by atoms with Crippen molar-refractivity contribution in [1.29, 1.82) is 0 Å². The number of sulfonamides is 1. The minimum absolute atomic E-state index is 0.0110. The third kappa shape index (κ3) is 7.34. The molecule has 1 aromatic heterocycles. The maximum Gasteiger partial charge on any atom is 0.405 e. The van der Waals surface area contributed by atoms with Gasteiger partial charge in [-0.1, -0.05) is 36.8 Å². The third-order valence-electron chi connectivity index (χ3n) is 10.6. The summed E-state index contributed by atoms with van der Waals surface area (Å²) >= 11 is 0. The van der Waals surface area contributed by atoms with E-state index >= 15 is 0 Å². The smallest absolute Gasteiger partial charge is 0.405 e. The molecule has 276 valence electrons. The van der Waals surface area contributed by atoms with Gasteiger partial charge < -0.3 is 34.9 Å². The number of rotatable bonds is 9. The molecule has 0 bridgehead atoms. The molecule has 15 nitrogen and oxygen atoms in total. The molecule has 1 saturated heterocycles. The number of benzene rings is 1. The molecule has 3 heterocycles. The van der Waals surface area contributed by atoms with Crippen LogP contribution in [0.25, 0.3) is 10.8 Å². The molecule has 1 aromatic carbocycles. The molecule has 4 aliphatic rings. The quantitative estimate of drug-likeness (QED) is 0.277. The molecule has 4 N–H and O–H groups in total. The largest absolute Gasteiger partial charge is 0.494 e. The summed E-state index contributed by atoms with van der Waals surface area (Å²) in [6.45, 7) is 1.57. The van der Waals surface area contributed by atoms with Gasteiger partial charge >= 0.3 is 6.09 Å². The number of ether oxygens (including phenoxy) is 3. The Morgan fingerprint density at radius 2 is 1.88 bits per heavy atom. The fourth-order valence-electron chi connectivity index (χ4n) is 7.18. The van der Waals surface area contributed by atoms with E-state index in [1.165, 1.54) is 25.3 Å². The number of fused-ring (bicyclic) bond motifs is 3. The van der Waals surface area contributed by atoms with Crippen molar-refractivity contribution in [3.8, 4) is 11.6 Å². The summed E-state index contributed by atoms with van der Waals surface area (Å²) in [6.07, 6.45) is 6.57. The van der Waals surface area contributed by atoms with Crippen LogP contribution >= 0.6 is 0 Å². The van der Waals surface area contributed by atoms with E-state index < -0.39 is 74.1 Å². The van der Waals surface area contributed by atoms with Crippen molar-refractivity contribution in [2.24, 2.45) is 11.8 Å². The van der Waals surface area contributed by atoms with E-state index in [-0.39, 0.29) is 31.9 Å². The summed E-state index contributed by atoms with van der Waals surface area (Å²) in [6, 6.07) is 4.90. The number of hydrogen-bond acceptors (Lipinski definition) is 10. The highest BCUT2D eigenvalue weighted by Crippen LogP contribution is 2.47. The summed E-state index contributed by atoms with van der Waals surface area (Å²) in [5.74, 6) is -2.37. The van der Waals surface area contributed by atoms with Crippen molar-refractivity contribution in [3.05, 3.63) is 42.6 Å². The van der Waals surface area contributed by atoms with Gasteiger partial charge in [0.05, 0.1) is 31.2 Å². The Kier molecular flexibility index (Phi) is 10.2. The van der Waals surface area contributed by atoms with Crippen LogP contribution in [0.15, 0.2) is 42.6 Å². The SMILES string of the molecule is COC[C@@H]1CCCCC=C[C@@H]2C[C@@]2(C(=O)NS(=O)(=O)C2(C)CC2)NC(=O)[C@@H]2C[C@@H](Oc3ncc(OC)c4ccccc34)CN2C(=O)[C@H]1NC(=O)O. The number of carbonyl (C=O) groups excluding carboxylic acids is 3. The van der Waals surface area contributed by atoms with Crippen LogP contribution in [0.2, 0.25) is 0 Å². The van der Waals surface area contributed by atoms with Gasteiger partial charge in [0.2, 0.25) is 27.7 Å². The van der Waals surface area contributed by atoms with E-state index in [2.05, 4.69) is 20.3 Å². The van der Waals surface area contributed by atoms with Crippen LogP contribution in [0, 0.1) is 11.8 Å². The molecule has 16 heteroatoms. The first-order valence-corrected chi connectivity index (χ1v) is 18.7. The molecular formula is C35H45N5O10S. The van der Waals surface area contributed by atoms with E-state index in [1.807, 2.05) is 36.4 Å². The Labute approximate surface area is 296 Å². The van der Waals surface area contributed by atoms with Gasteiger partial charge in [0.15, 0.2) is 0 Å². The number of allylic oxidation sites excluding steroid dienone is 1. The maximum atomic E-state index is 14.4. The monoisotopic (exact) mass is 727 g/mol. The van der Waals surface area contributed by atoms with Crippen LogP contribution in [0.4, 0.5) is 4.79 Å². The van der Waals surface area contributed by atoms with E-state index in [9.17, 15) is 32.7 Å². The van der Waals surface area contributed by atoms with Crippen LogP contribution < -0.4 is 24.8 Å². The molecule has 6 atom stereocenters. The molecule has 2 aliphatic carbocycles. The summed E-state index contributed by atoms with van der Waals surface area (Å²) in [4.78, 5) is 60.3. The maximum absolute atomic E-state index is 14.4. The van der Waals surface area contributed by atoms with E-state index in [0.29, 0.717) is 49.7 Å². The number of aromatic nitrogens is 1. The minimum Gasteiger partial charge on any atom is -0.494 e. The van der Waals surface area contributed by atoms with Crippen LogP contribution in [0.5, 0.6) is 11.6 Å². The lowest BCUT2D eigenvalue weighted by molar-refractivity contribution is -0.142. The first-order valence-electron chi connectivity index (χ1n) is 17.2. The van der Waals surface area contributed by atoms with Gasteiger partial charge in [-0.3, -0.25) is 19.1 Å². The number of amides is 4. The first-order chi connectivity index (χ1) is 24.3. The van der Waals surface area contributed by atoms with Crippen LogP contribution in [0.1, 0.15) is 58.3 Å². The molecule has 3 fully saturated rings. The van der Waals surface area contributed by atoms with Gasteiger partial charge in [-0.15, -0.1) is 0 Å². The van der Waals surface area contributed by atoms with Gasteiger partial charge in [0.1, 0.15) is 29.5 Å². The Morgan fingerprint density at radius 3 is 2.57 bits per heavy atom. The Balaban J connectivity index is 1.35. The molecule has 4 amide bonds. The minimum atomic E-state index is -4.00. The molecule has 2 aliphatic heterocycles. The van der Waals surface area contributed by atoms with E-state index in [0.717, 1.165) is 5.39 Å². The number of carbonyl (C=O) groups is 4. The second-order valence-corrected chi connectivity index (χ2v) is 16.4. The first kappa shape index (κ1) is 36.4. The second-order valence-electron chi connectivity index (χ2n) is 14.2. The standard InChI is InChI=1S/C35H45N5O10S/c1-34(14-15-34)51(46,47)39-32(43)35-17-22(35)11-7-5-4-6-10-21(20-48-2)28(37-33(44)45)31(42)40-19-23(16-26(40)29(41)38-35)50-30-25-13-9-8-12-24(25)27(49-3)18-36-30/h7-9,11-13,18,21-23,26,28,37H,4-6,10,14-17,19-20H2,1-3H3,(H,38,41)(H,39,43)(H,44,45)/t21-,22+,23+,26-,28-,35+/m0/s1. The number of pyridine rings is 1. The molecule has 6 rings (SSSR count). The highest BCUT2D eigenvalue weighted by atomic mass is 32.2. The molecule has 51 heavy (non-hydrogen) atoms. The molecule has 0 radical (unpaired) electrons. The molecular weight excluding hydrogens is 682 g/mol. The van der Waals surface area contributed by atoms with Gasteiger partial charge in [-0.25, -0.2) is 18.2 Å². The van der Waals surface area contributed by atoms with Gasteiger partial charge in [0, 0.05) is 36.1 Å². The van der Waals surface area contributed by atoms with Crippen molar-refractivity contribution in [3.63, 3.8) is 0 Å². The molecule has 2 aromatic rings. The van der Waals surface area contributed by atoms with E-state index in [1.54, 1.807) is 6.92 Å². The zero-order valence-electron chi connectivity index (χ0n) is 28.9. The fourth-order valence-corrected chi connectivity index (χ4v) is 8.49. The van der Waals surface area contributed by atoms with Crippen LogP contribution in [-0.2, 0) is 29.1 Å². The summed E-state index contributed by atoms with van der Waals surface area (Å²) in [5.41, 5.74) is -1.55. The van der Waals surface area contributed by atoms with Crippen molar-refractivity contribution in [2.45, 2.75) is 86.8 Å². The predicted octanol–water partition coefficient (Wildman–Crippen LogP) is 2.49. The average Bonchev–Trinajstić information content (AvgIpc) is 3.98. The normalized spacial score (nSPS) is 29.1. The molecule has 2 saturated carbocycles. The Bertz CT molecular complexity index is 1830. The zero-order valence-corrected chi connectivity index (χ0v) is 29.7. The highest BCUT2D eigenvalue weighted by Gasteiger charge is 2.63. The number of nitrogens with zero attached hydrogens (tertiary/aromatic N) is 2. The zero-order chi connectivity index (χ0) is 36.6. The third-order valence-corrected chi connectivity index (χ3v) is 12.8. The number of nitrogens with one attached hydrogen (secondary N) is 3. The Morgan fingerprint density at radius 1 is 1.14 bits per heavy atom. The number of methoxy groups -OCH3 is 2. The summed E-state index contributed by atoms with van der Waals surface area (Å²) in [7, 11) is -0.997. The van der Waals surface area contributed by atoms with Gasteiger partial charge in [0.25, 0.3) is 5.91 Å². The predicted molar refractivity (Wildman–Crippen MR) is 184 cm³/mol. The second kappa shape index (κ2) is 14.3. The van der Waals surface area contributed by atoms with Crippen molar-refractivity contribution in [1.82, 2.24) is 25.2 Å². The fraction of sp³-hybridized carbons (Fsp3) is 0.571. The number of carboxylic acid groups (broad SMARTS) is 1. The molecule has 0 spiro atoms. The van der Waals surface area contributed by atoms with Gasteiger partial charge in [-0.05, 0) is 51.5 Å². The molecule has 0 unspecified atom stereocenters. The van der Waals surface area contributed by atoms with E-state index in [4.69, 9.17) is 14.2 Å². The number of hydrogen-bond donors (Lipinski definition) is 4. The topological polar surface area (TPSA) is 203 Å². The average molecular weight is 728 g/mol. The van der Waals surface area contributed by atoms with Crippen molar-refractivity contribution in [2.75, 3.05) is 27.4 Å². The Hall–Kier alpha value is -4.44. The lowest BCUT2D eigenvalue weighted by Crippen LogP contribution is -2.59. The van der Waals surface area contributed by atoms with Crippen molar-refractivity contribution >= 4 is 44.6 Å². The summed E-state index contributed by atoms with van der Waals surface area (Å²) < 4.78 is 44.6. The van der Waals surface area contributed by atoms with Gasteiger partial charge in [-0.2, -0.15) is 0 Å².